The lowest BCUT2D eigenvalue weighted by molar-refractivity contribution is 0.112. The fourth-order valence-corrected chi connectivity index (χ4v) is 5.03. The monoisotopic (exact) mass is 398 g/mol. The number of rotatable bonds is 2. The maximum absolute atomic E-state index is 5.56. The number of ether oxygens (including phenoxy) is 1. The maximum Gasteiger partial charge on any atom is 0.185 e. The lowest BCUT2D eigenvalue weighted by atomic mass is 9.92. The Hall–Kier alpha value is -2.06. The molecule has 8 heteroatoms. The minimum atomic E-state index is 0.00671. The van der Waals surface area contributed by atoms with Gasteiger partial charge >= 0.3 is 0 Å². The van der Waals surface area contributed by atoms with E-state index in [9.17, 15) is 0 Å². The molecule has 28 heavy (non-hydrogen) atoms. The van der Waals surface area contributed by atoms with Crippen molar-refractivity contribution in [1.82, 2.24) is 24.8 Å². The van der Waals surface area contributed by atoms with E-state index >= 15 is 0 Å². The summed E-state index contributed by atoms with van der Waals surface area (Å²) in [6, 6.07) is 4.09. The van der Waals surface area contributed by atoms with Gasteiger partial charge in [-0.1, -0.05) is 32.1 Å². The molecule has 1 saturated heterocycles. The molecule has 0 radical (unpaired) electrons. The summed E-state index contributed by atoms with van der Waals surface area (Å²) in [5.74, 6) is 1.37. The third-order valence-electron chi connectivity index (χ3n) is 5.67. The first-order valence-corrected chi connectivity index (χ1v) is 10.8. The standard InChI is InChI=1S/C20H26N6OS/c1-20(2,3)16-4-5-17-22-23-18(26(17)24-16)13-6-9-25(10-7-13)19-21-14-8-11-27-12-15(14)28-19/h4-5,13H,6-12H2,1-3H3. The Morgan fingerprint density at radius 3 is 2.71 bits per heavy atom. The highest BCUT2D eigenvalue weighted by Gasteiger charge is 2.28. The van der Waals surface area contributed by atoms with E-state index in [1.165, 1.54) is 10.6 Å². The molecule has 0 atom stereocenters. The number of piperidine rings is 1. The smallest absolute Gasteiger partial charge is 0.185 e. The van der Waals surface area contributed by atoms with Crippen molar-refractivity contribution in [1.29, 1.82) is 0 Å². The Bertz CT molecular complexity index is 972. The quantitative estimate of drug-likeness (QED) is 0.660. The van der Waals surface area contributed by atoms with Crippen LogP contribution in [-0.2, 0) is 23.2 Å². The zero-order valence-corrected chi connectivity index (χ0v) is 17.5. The molecular formula is C20H26N6OS. The SMILES string of the molecule is CC(C)(C)c1ccc2nnc(C3CCN(c4nc5c(s4)COCC5)CC3)n2n1. The van der Waals surface area contributed by atoms with Gasteiger partial charge in [0, 0.05) is 30.8 Å². The first kappa shape index (κ1) is 18.0. The van der Waals surface area contributed by atoms with E-state index in [-0.39, 0.29) is 5.41 Å². The third-order valence-corrected chi connectivity index (χ3v) is 6.80. The molecule has 0 aliphatic carbocycles. The summed E-state index contributed by atoms with van der Waals surface area (Å²) in [5, 5.41) is 14.8. The zero-order chi connectivity index (χ0) is 19.3. The van der Waals surface area contributed by atoms with Crippen molar-refractivity contribution in [3.8, 4) is 0 Å². The van der Waals surface area contributed by atoms with Gasteiger partial charge in [0.25, 0.3) is 0 Å². The molecular weight excluding hydrogens is 372 g/mol. The average molecular weight is 399 g/mol. The summed E-state index contributed by atoms with van der Waals surface area (Å²) < 4.78 is 7.52. The van der Waals surface area contributed by atoms with E-state index in [2.05, 4.69) is 41.9 Å². The number of anilines is 1. The molecule has 1 fully saturated rings. The van der Waals surface area contributed by atoms with Gasteiger partial charge in [-0.2, -0.15) is 9.61 Å². The fourth-order valence-electron chi connectivity index (χ4n) is 3.94. The van der Waals surface area contributed by atoms with Gasteiger partial charge in [0.1, 0.15) is 0 Å². The van der Waals surface area contributed by atoms with Crippen molar-refractivity contribution >= 4 is 22.1 Å². The molecule has 0 unspecified atom stereocenters. The summed E-state index contributed by atoms with van der Waals surface area (Å²) in [4.78, 5) is 8.58. The Kier molecular flexibility index (Phi) is 4.35. The van der Waals surface area contributed by atoms with Crippen molar-refractivity contribution in [2.75, 3.05) is 24.6 Å². The first-order chi connectivity index (χ1) is 13.5. The average Bonchev–Trinajstić information content (AvgIpc) is 3.31. The molecule has 0 aromatic carbocycles. The molecule has 0 amide bonds. The summed E-state index contributed by atoms with van der Waals surface area (Å²) >= 11 is 1.79. The van der Waals surface area contributed by atoms with Crippen LogP contribution in [0.1, 0.15) is 61.6 Å². The van der Waals surface area contributed by atoms with Crippen molar-refractivity contribution in [3.63, 3.8) is 0 Å². The number of nitrogens with zero attached hydrogens (tertiary/aromatic N) is 6. The van der Waals surface area contributed by atoms with Crippen molar-refractivity contribution in [2.24, 2.45) is 0 Å². The molecule has 0 N–H and O–H groups in total. The van der Waals surface area contributed by atoms with Gasteiger partial charge < -0.3 is 9.64 Å². The molecule has 3 aromatic rings. The predicted octanol–water partition coefficient (Wildman–Crippen LogP) is 3.34. The molecule has 5 heterocycles. The molecule has 0 bridgehead atoms. The topological polar surface area (TPSA) is 68.4 Å². The molecule has 5 rings (SSSR count). The minimum absolute atomic E-state index is 0.00671. The molecule has 3 aromatic heterocycles. The number of thiazole rings is 1. The van der Waals surface area contributed by atoms with Crippen LogP contribution in [-0.4, -0.2) is 44.5 Å². The highest BCUT2D eigenvalue weighted by atomic mass is 32.1. The lowest BCUT2D eigenvalue weighted by Crippen LogP contribution is -2.33. The first-order valence-electron chi connectivity index (χ1n) is 10.0. The van der Waals surface area contributed by atoms with Crippen molar-refractivity contribution in [3.05, 3.63) is 34.2 Å². The minimum Gasteiger partial charge on any atom is -0.375 e. The highest BCUT2D eigenvalue weighted by Crippen LogP contribution is 2.34. The fraction of sp³-hybridized carbons (Fsp3) is 0.600. The molecule has 148 valence electrons. The second-order valence-corrected chi connectivity index (χ2v) is 9.79. The van der Waals surface area contributed by atoms with Gasteiger partial charge in [0.15, 0.2) is 16.6 Å². The molecule has 2 aliphatic rings. The van der Waals surface area contributed by atoms with Crippen LogP contribution < -0.4 is 4.90 Å². The summed E-state index contributed by atoms with van der Waals surface area (Å²) in [6.45, 7) is 10.0. The predicted molar refractivity (Wildman–Crippen MR) is 109 cm³/mol. The van der Waals surface area contributed by atoms with Crippen LogP contribution in [0, 0.1) is 0 Å². The van der Waals surface area contributed by atoms with Crippen LogP contribution >= 0.6 is 11.3 Å². The number of hydrogen-bond donors (Lipinski definition) is 0. The van der Waals surface area contributed by atoms with E-state index in [1.54, 1.807) is 11.3 Å². The van der Waals surface area contributed by atoms with Crippen LogP contribution in [0.5, 0.6) is 0 Å². The Morgan fingerprint density at radius 2 is 1.96 bits per heavy atom. The summed E-state index contributed by atoms with van der Waals surface area (Å²) in [7, 11) is 0. The molecule has 7 nitrogen and oxygen atoms in total. The van der Waals surface area contributed by atoms with Gasteiger partial charge in [0.2, 0.25) is 0 Å². The van der Waals surface area contributed by atoms with Gasteiger partial charge in [-0.05, 0) is 25.0 Å². The highest BCUT2D eigenvalue weighted by molar-refractivity contribution is 7.15. The third kappa shape index (κ3) is 3.18. The Labute approximate surface area is 168 Å². The van der Waals surface area contributed by atoms with Crippen LogP contribution in [0.15, 0.2) is 12.1 Å². The van der Waals surface area contributed by atoms with Crippen LogP contribution in [0.3, 0.4) is 0 Å². The summed E-state index contributed by atoms with van der Waals surface area (Å²) in [5.41, 5.74) is 3.13. The zero-order valence-electron chi connectivity index (χ0n) is 16.7. The van der Waals surface area contributed by atoms with E-state index in [4.69, 9.17) is 14.8 Å². The van der Waals surface area contributed by atoms with E-state index in [0.717, 1.165) is 67.9 Å². The summed E-state index contributed by atoms with van der Waals surface area (Å²) in [6.07, 6.45) is 3.03. The van der Waals surface area contributed by atoms with Gasteiger partial charge in [-0.25, -0.2) is 4.98 Å². The Morgan fingerprint density at radius 1 is 1.14 bits per heavy atom. The number of hydrogen-bond acceptors (Lipinski definition) is 7. The molecule has 0 saturated carbocycles. The normalized spacial score (nSPS) is 18.6. The molecule has 0 spiro atoms. The maximum atomic E-state index is 5.56. The van der Waals surface area contributed by atoms with Crippen LogP contribution in [0.4, 0.5) is 5.13 Å². The van der Waals surface area contributed by atoms with Crippen LogP contribution in [0.2, 0.25) is 0 Å². The van der Waals surface area contributed by atoms with E-state index in [0.29, 0.717) is 5.92 Å². The second kappa shape index (κ2) is 6.77. The van der Waals surface area contributed by atoms with Gasteiger partial charge in [0.05, 0.1) is 29.5 Å². The molecule has 2 aliphatic heterocycles. The second-order valence-electron chi connectivity index (χ2n) is 8.73. The largest absolute Gasteiger partial charge is 0.375 e. The van der Waals surface area contributed by atoms with Crippen molar-refractivity contribution in [2.45, 2.75) is 58.0 Å². The van der Waals surface area contributed by atoms with E-state index < -0.39 is 0 Å². The number of aromatic nitrogens is 5. The van der Waals surface area contributed by atoms with Crippen LogP contribution in [0.25, 0.3) is 5.65 Å². The van der Waals surface area contributed by atoms with E-state index in [1.807, 2.05) is 10.6 Å². The van der Waals surface area contributed by atoms with Crippen molar-refractivity contribution < 1.29 is 4.74 Å². The lowest BCUT2D eigenvalue weighted by Gasteiger charge is -2.30. The van der Waals surface area contributed by atoms with Gasteiger partial charge in [-0.15, -0.1) is 10.2 Å². The number of fused-ring (bicyclic) bond motifs is 2. The van der Waals surface area contributed by atoms with Gasteiger partial charge in [-0.3, -0.25) is 0 Å². The Balaban J connectivity index is 1.35.